The summed E-state index contributed by atoms with van der Waals surface area (Å²) in [6, 6.07) is 1.19. The molecule has 0 spiro atoms. The molecule has 9 nitrogen and oxygen atoms in total. The van der Waals surface area contributed by atoms with E-state index in [4.69, 9.17) is 5.73 Å². The number of aromatic carboxylic acids is 1. The maximum absolute atomic E-state index is 10.5. The summed E-state index contributed by atoms with van der Waals surface area (Å²) >= 11 is 0. The zero-order chi connectivity index (χ0) is 12.5. The van der Waals surface area contributed by atoms with Gasteiger partial charge in [0.1, 0.15) is 5.69 Å². The topological polar surface area (TPSA) is 152 Å². The van der Waals surface area contributed by atoms with Crippen molar-refractivity contribution < 1.29 is 42.1 Å². The number of hydrogen-bond acceptors (Lipinski definition) is 7. The second kappa shape index (κ2) is 5.39. The summed E-state index contributed by atoms with van der Waals surface area (Å²) in [6.45, 7) is 0. The van der Waals surface area contributed by atoms with E-state index in [0.29, 0.717) is 12.1 Å². The van der Waals surface area contributed by atoms with E-state index in [9.17, 15) is 30.1 Å². The number of benzene rings is 1. The molecule has 0 radical (unpaired) electrons. The van der Waals surface area contributed by atoms with Crippen molar-refractivity contribution in [1.29, 1.82) is 0 Å². The van der Waals surface area contributed by atoms with Gasteiger partial charge < -0.3 is 15.6 Å². The minimum Gasteiger partial charge on any atom is -0.545 e. The first kappa shape index (κ1) is 15.0. The van der Waals surface area contributed by atoms with Crippen LogP contribution in [0.4, 0.5) is 17.1 Å². The number of nitrogens with zero attached hydrogens (tertiary/aromatic N) is 2. The van der Waals surface area contributed by atoms with Crippen LogP contribution in [0.2, 0.25) is 0 Å². The Kier molecular flexibility index (Phi) is 4.76. The van der Waals surface area contributed by atoms with Gasteiger partial charge in [-0.25, -0.2) is 0 Å². The average molecular weight is 334 g/mol. The van der Waals surface area contributed by atoms with Gasteiger partial charge in [0, 0.05) is 11.6 Å². The molecule has 1 aromatic carbocycles. The normalized spacial score (nSPS) is 9.18. The molecular weight excluding hydrogens is 330 g/mol. The first-order valence-electron chi connectivity index (χ1n) is 3.78. The van der Waals surface area contributed by atoms with Crippen LogP contribution in [0, 0.1) is 20.2 Å². The monoisotopic (exact) mass is 333 g/mol. The Morgan fingerprint density at radius 3 is 2.06 bits per heavy atom. The van der Waals surface area contributed by atoms with Crippen molar-refractivity contribution in [2.24, 2.45) is 0 Å². The standard InChI is InChI=1S/C7H5N3O6.Ag/c8-6-4(7(11)12)1-3(9(13)14)2-5(6)10(15)16;/h1-2H,8H2,(H,11,12);/q;+1/p-1. The number of carbonyl (C=O) groups excluding carboxylic acids is 1. The van der Waals surface area contributed by atoms with E-state index in [2.05, 4.69) is 0 Å². The van der Waals surface area contributed by atoms with Crippen LogP contribution in [-0.4, -0.2) is 15.8 Å². The summed E-state index contributed by atoms with van der Waals surface area (Å²) in [6.07, 6.45) is 0. The van der Waals surface area contributed by atoms with E-state index in [1.165, 1.54) is 0 Å². The molecule has 1 aromatic rings. The zero-order valence-electron chi connectivity index (χ0n) is 7.88. The first-order chi connectivity index (χ1) is 7.34. The maximum Gasteiger partial charge on any atom is 1.00 e. The number of anilines is 1. The molecular formula is C7H4AgN3O6. The molecule has 0 aliphatic carbocycles. The van der Waals surface area contributed by atoms with Crippen molar-refractivity contribution in [1.82, 2.24) is 0 Å². The van der Waals surface area contributed by atoms with E-state index in [1.807, 2.05) is 0 Å². The van der Waals surface area contributed by atoms with Crippen LogP contribution in [0.1, 0.15) is 10.4 Å². The van der Waals surface area contributed by atoms with Crippen molar-refractivity contribution in [3.63, 3.8) is 0 Å². The first-order valence-corrected chi connectivity index (χ1v) is 3.78. The zero-order valence-corrected chi connectivity index (χ0v) is 9.36. The molecule has 0 heterocycles. The van der Waals surface area contributed by atoms with E-state index in [0.717, 1.165) is 0 Å². The third-order valence-corrected chi connectivity index (χ3v) is 1.77. The Hall–Kier alpha value is -1.97. The van der Waals surface area contributed by atoms with Gasteiger partial charge in [-0.1, -0.05) is 0 Å². The van der Waals surface area contributed by atoms with Gasteiger partial charge in [-0.2, -0.15) is 0 Å². The molecule has 2 N–H and O–H groups in total. The third kappa shape index (κ3) is 3.00. The number of nitro benzene ring substituents is 2. The fourth-order valence-corrected chi connectivity index (χ4v) is 1.05. The molecule has 0 bridgehead atoms. The number of carboxylic acids is 1. The SMILES string of the molecule is Nc1c(C(=O)[O-])cc([N+](=O)[O-])cc1[N+](=O)[O-].[Ag+]. The molecule has 1 rings (SSSR count). The number of carbonyl (C=O) groups is 1. The van der Waals surface area contributed by atoms with Crippen LogP contribution < -0.4 is 10.8 Å². The maximum atomic E-state index is 10.5. The smallest absolute Gasteiger partial charge is 0.545 e. The van der Waals surface area contributed by atoms with Crippen LogP contribution >= 0.6 is 0 Å². The number of hydrogen-bond donors (Lipinski definition) is 1. The van der Waals surface area contributed by atoms with Gasteiger partial charge in [-0.05, 0) is 0 Å². The summed E-state index contributed by atoms with van der Waals surface area (Å²) < 4.78 is 0. The number of non-ortho nitro benzene ring substituents is 1. The van der Waals surface area contributed by atoms with Crippen molar-refractivity contribution >= 4 is 23.0 Å². The van der Waals surface area contributed by atoms with Gasteiger partial charge in [0.15, 0.2) is 0 Å². The predicted octanol–water partition coefficient (Wildman–Crippen LogP) is -0.554. The van der Waals surface area contributed by atoms with E-state index in [-0.39, 0.29) is 22.4 Å². The summed E-state index contributed by atoms with van der Waals surface area (Å²) in [7, 11) is 0. The predicted molar refractivity (Wildman–Crippen MR) is 48.5 cm³/mol. The fourth-order valence-electron chi connectivity index (χ4n) is 1.05. The number of nitro groups is 2. The molecule has 94 valence electrons. The molecule has 0 saturated carbocycles. The van der Waals surface area contributed by atoms with Crippen LogP contribution in [0.3, 0.4) is 0 Å². The van der Waals surface area contributed by atoms with E-state index in [1.54, 1.807) is 0 Å². The van der Waals surface area contributed by atoms with Crippen LogP contribution in [0.25, 0.3) is 0 Å². The van der Waals surface area contributed by atoms with Gasteiger partial charge in [0.2, 0.25) is 0 Å². The molecule has 10 heteroatoms. The molecule has 17 heavy (non-hydrogen) atoms. The van der Waals surface area contributed by atoms with Crippen LogP contribution in [0.5, 0.6) is 0 Å². The van der Waals surface area contributed by atoms with Gasteiger partial charge >= 0.3 is 22.4 Å². The average Bonchev–Trinajstić information content (AvgIpc) is 2.16. The fraction of sp³-hybridized carbons (Fsp3) is 0. The molecule has 0 aliphatic rings. The summed E-state index contributed by atoms with van der Waals surface area (Å²) in [4.78, 5) is 29.4. The quantitative estimate of drug-likeness (QED) is 0.337. The molecule has 0 fully saturated rings. The Morgan fingerprint density at radius 2 is 1.71 bits per heavy atom. The molecule has 0 unspecified atom stereocenters. The Labute approximate surface area is 109 Å². The number of nitrogens with two attached hydrogens (primary N) is 1. The second-order valence-electron chi connectivity index (χ2n) is 2.73. The largest absolute Gasteiger partial charge is 1.00 e. The van der Waals surface area contributed by atoms with Crippen molar-refractivity contribution in [3.05, 3.63) is 37.9 Å². The van der Waals surface area contributed by atoms with Gasteiger partial charge in [0.25, 0.3) is 11.4 Å². The number of nitrogen functional groups attached to an aromatic ring is 1. The molecule has 0 amide bonds. The van der Waals surface area contributed by atoms with E-state index < -0.39 is 38.4 Å². The molecule has 0 atom stereocenters. The van der Waals surface area contributed by atoms with Crippen molar-refractivity contribution in [3.8, 4) is 0 Å². The van der Waals surface area contributed by atoms with Gasteiger partial charge in [-0.3, -0.25) is 20.2 Å². The Morgan fingerprint density at radius 1 is 1.18 bits per heavy atom. The van der Waals surface area contributed by atoms with Crippen LogP contribution in [0.15, 0.2) is 12.1 Å². The number of rotatable bonds is 3. The summed E-state index contributed by atoms with van der Waals surface area (Å²) in [5, 5.41) is 31.4. The third-order valence-electron chi connectivity index (χ3n) is 1.77. The van der Waals surface area contributed by atoms with Crippen LogP contribution in [-0.2, 0) is 22.4 Å². The minimum absolute atomic E-state index is 0. The molecule has 0 aromatic heterocycles. The van der Waals surface area contributed by atoms with Crippen molar-refractivity contribution in [2.45, 2.75) is 0 Å². The van der Waals surface area contributed by atoms with Gasteiger partial charge in [0.05, 0.1) is 21.9 Å². The van der Waals surface area contributed by atoms with Gasteiger partial charge in [-0.15, -0.1) is 0 Å². The van der Waals surface area contributed by atoms with Crippen molar-refractivity contribution in [2.75, 3.05) is 5.73 Å². The molecule has 0 aliphatic heterocycles. The Balaban J connectivity index is 0.00000256. The second-order valence-corrected chi connectivity index (χ2v) is 2.73. The number of carboxylic acid groups (broad SMARTS) is 1. The van der Waals surface area contributed by atoms with E-state index >= 15 is 0 Å². The molecule has 0 saturated heterocycles. The summed E-state index contributed by atoms with van der Waals surface area (Å²) in [5.74, 6) is -1.82. The minimum atomic E-state index is -1.82. The summed E-state index contributed by atoms with van der Waals surface area (Å²) in [5.41, 5.74) is 2.15. The Bertz CT molecular complexity index is 467.